The van der Waals surface area contributed by atoms with Crippen LogP contribution in [0.15, 0.2) is 24.3 Å². The van der Waals surface area contributed by atoms with Crippen LogP contribution in [0.25, 0.3) is 0 Å². The number of ether oxygens (including phenoxy) is 2. The van der Waals surface area contributed by atoms with E-state index in [0.29, 0.717) is 0 Å². The van der Waals surface area contributed by atoms with Gasteiger partial charge in [-0.3, -0.25) is 0 Å². The first-order valence-electron chi connectivity index (χ1n) is 6.12. The van der Waals surface area contributed by atoms with Gasteiger partial charge in [0, 0.05) is 14.2 Å². The summed E-state index contributed by atoms with van der Waals surface area (Å²) in [5.41, 5.74) is 0.948. The molecule has 0 bridgehead atoms. The van der Waals surface area contributed by atoms with E-state index in [1.807, 2.05) is 24.3 Å². The minimum absolute atomic E-state index is 0.103. The van der Waals surface area contributed by atoms with Crippen LogP contribution in [0, 0.1) is 0 Å². The fraction of sp³-hybridized carbons (Fsp3) is 0.600. The van der Waals surface area contributed by atoms with Crippen LogP contribution >= 0.6 is 0 Å². The Labute approximate surface area is 110 Å². The van der Waals surface area contributed by atoms with Gasteiger partial charge in [0.15, 0.2) is 6.29 Å². The highest BCUT2D eigenvalue weighted by Crippen LogP contribution is 2.29. The van der Waals surface area contributed by atoms with Crippen molar-refractivity contribution in [3.8, 4) is 0 Å². The normalized spacial score (nSPS) is 15.8. The van der Waals surface area contributed by atoms with Crippen molar-refractivity contribution in [3.05, 3.63) is 35.4 Å². The fourth-order valence-corrected chi connectivity index (χ4v) is 2.00. The summed E-state index contributed by atoms with van der Waals surface area (Å²) in [4.78, 5) is 0. The third kappa shape index (κ3) is 3.10. The summed E-state index contributed by atoms with van der Waals surface area (Å²) in [6, 6.07) is 7.91. The van der Waals surface area contributed by atoms with E-state index >= 15 is 0 Å². The molecule has 102 valence electrons. The molecule has 0 spiro atoms. The second-order valence-corrected chi connectivity index (χ2v) is 5.78. The molecular weight excluding hydrogens is 228 g/mol. The van der Waals surface area contributed by atoms with E-state index < -0.39 is 11.9 Å². The molecule has 0 saturated carbocycles. The molecule has 1 unspecified atom stereocenters. The molecule has 18 heavy (non-hydrogen) atoms. The molecule has 0 fully saturated rings. The van der Waals surface area contributed by atoms with E-state index in [4.69, 9.17) is 9.47 Å². The average molecular weight is 252 g/mol. The van der Waals surface area contributed by atoms with Gasteiger partial charge in [0.25, 0.3) is 0 Å². The highest BCUT2D eigenvalue weighted by Gasteiger charge is 2.34. The summed E-state index contributed by atoms with van der Waals surface area (Å²) in [7, 11) is 3.04. The van der Waals surface area contributed by atoms with Gasteiger partial charge < -0.3 is 14.6 Å². The lowest BCUT2D eigenvalue weighted by Gasteiger charge is -2.31. The Morgan fingerprint density at radius 1 is 0.889 bits per heavy atom. The molecule has 0 amide bonds. The zero-order valence-electron chi connectivity index (χ0n) is 12.2. The van der Waals surface area contributed by atoms with Gasteiger partial charge in [0.2, 0.25) is 0 Å². The number of methoxy groups -OCH3 is 2. The predicted molar refractivity (Wildman–Crippen MR) is 72.5 cm³/mol. The molecule has 0 aliphatic rings. The van der Waals surface area contributed by atoms with Crippen LogP contribution in [0.5, 0.6) is 0 Å². The average Bonchev–Trinajstić information content (AvgIpc) is 2.29. The molecular formula is C15H24O3. The van der Waals surface area contributed by atoms with Gasteiger partial charge in [-0.1, -0.05) is 45.0 Å². The van der Waals surface area contributed by atoms with Crippen LogP contribution in [0.1, 0.15) is 38.8 Å². The van der Waals surface area contributed by atoms with E-state index in [2.05, 4.69) is 20.8 Å². The van der Waals surface area contributed by atoms with E-state index in [0.717, 1.165) is 5.56 Å². The highest BCUT2D eigenvalue weighted by atomic mass is 16.7. The summed E-state index contributed by atoms with van der Waals surface area (Å²) in [5, 5.41) is 10.5. The molecule has 0 saturated heterocycles. The number of aliphatic hydroxyl groups is 1. The van der Waals surface area contributed by atoms with Crippen LogP contribution in [-0.2, 0) is 20.5 Å². The third-order valence-corrected chi connectivity index (χ3v) is 3.22. The number of rotatable bonds is 4. The SMILES string of the molecule is COC(OC)C(C)(O)c1ccc(C(C)(C)C)cc1. The summed E-state index contributed by atoms with van der Waals surface area (Å²) < 4.78 is 10.3. The molecule has 1 aromatic rings. The molecule has 1 N–H and O–H groups in total. The molecule has 0 heterocycles. The van der Waals surface area contributed by atoms with Crippen molar-refractivity contribution < 1.29 is 14.6 Å². The molecule has 3 nitrogen and oxygen atoms in total. The second kappa shape index (κ2) is 5.39. The van der Waals surface area contributed by atoms with E-state index in [-0.39, 0.29) is 5.41 Å². The van der Waals surface area contributed by atoms with Crippen LogP contribution in [0.4, 0.5) is 0 Å². The Morgan fingerprint density at radius 2 is 1.28 bits per heavy atom. The smallest absolute Gasteiger partial charge is 0.189 e. The first-order chi connectivity index (χ1) is 8.23. The minimum Gasteiger partial charge on any atom is -0.380 e. The zero-order chi connectivity index (χ0) is 14.0. The van der Waals surface area contributed by atoms with Gasteiger partial charge in [0.05, 0.1) is 0 Å². The lowest BCUT2D eigenvalue weighted by atomic mass is 9.85. The molecule has 1 rings (SSSR count). The lowest BCUT2D eigenvalue weighted by Crippen LogP contribution is -2.39. The first-order valence-corrected chi connectivity index (χ1v) is 6.12. The first kappa shape index (κ1) is 15.2. The zero-order valence-corrected chi connectivity index (χ0v) is 12.2. The van der Waals surface area contributed by atoms with Gasteiger partial charge in [0.1, 0.15) is 5.60 Å². The second-order valence-electron chi connectivity index (χ2n) is 5.78. The van der Waals surface area contributed by atoms with Gasteiger partial charge >= 0.3 is 0 Å². The van der Waals surface area contributed by atoms with E-state index in [9.17, 15) is 5.11 Å². The van der Waals surface area contributed by atoms with Gasteiger partial charge in [-0.2, -0.15) is 0 Å². The Bertz CT molecular complexity index is 370. The van der Waals surface area contributed by atoms with Crippen LogP contribution in [0.2, 0.25) is 0 Å². The lowest BCUT2D eigenvalue weighted by molar-refractivity contribution is -0.213. The summed E-state index contributed by atoms with van der Waals surface area (Å²) in [6.07, 6.45) is -0.682. The Hall–Kier alpha value is -0.900. The van der Waals surface area contributed by atoms with Crippen molar-refractivity contribution in [2.45, 2.75) is 45.0 Å². The van der Waals surface area contributed by atoms with Crippen molar-refractivity contribution in [1.82, 2.24) is 0 Å². The number of benzene rings is 1. The standard InChI is InChI=1S/C15H24O3/c1-14(2,3)11-7-9-12(10-8-11)15(4,16)13(17-5)18-6/h7-10,13,16H,1-6H3. The van der Waals surface area contributed by atoms with Crippen molar-refractivity contribution in [1.29, 1.82) is 0 Å². The Morgan fingerprint density at radius 3 is 1.61 bits per heavy atom. The maximum atomic E-state index is 10.5. The maximum absolute atomic E-state index is 10.5. The van der Waals surface area contributed by atoms with E-state index in [1.54, 1.807) is 6.92 Å². The summed E-state index contributed by atoms with van der Waals surface area (Å²) in [6.45, 7) is 8.17. The summed E-state index contributed by atoms with van der Waals surface area (Å²) in [5.74, 6) is 0. The predicted octanol–water partition coefficient (Wildman–Crippen LogP) is 2.81. The fourth-order valence-electron chi connectivity index (χ4n) is 2.00. The van der Waals surface area contributed by atoms with Gasteiger partial charge in [-0.25, -0.2) is 0 Å². The van der Waals surface area contributed by atoms with E-state index in [1.165, 1.54) is 19.8 Å². The Kier molecular flexibility index (Phi) is 4.54. The van der Waals surface area contributed by atoms with Crippen molar-refractivity contribution >= 4 is 0 Å². The van der Waals surface area contributed by atoms with Crippen molar-refractivity contribution in [2.75, 3.05) is 14.2 Å². The molecule has 3 heteroatoms. The van der Waals surface area contributed by atoms with Crippen molar-refractivity contribution in [2.24, 2.45) is 0 Å². The highest BCUT2D eigenvalue weighted by molar-refractivity contribution is 5.30. The molecule has 0 radical (unpaired) electrons. The molecule has 1 atom stereocenters. The maximum Gasteiger partial charge on any atom is 0.189 e. The van der Waals surface area contributed by atoms with Crippen LogP contribution < -0.4 is 0 Å². The number of hydrogen-bond acceptors (Lipinski definition) is 3. The molecule has 0 aliphatic carbocycles. The molecule has 0 aromatic heterocycles. The van der Waals surface area contributed by atoms with Crippen molar-refractivity contribution in [3.63, 3.8) is 0 Å². The molecule has 1 aromatic carbocycles. The Balaban J connectivity index is 3.04. The van der Waals surface area contributed by atoms with Gasteiger partial charge in [-0.05, 0) is 23.5 Å². The molecule has 0 aliphatic heterocycles. The number of hydrogen-bond donors (Lipinski definition) is 1. The largest absolute Gasteiger partial charge is 0.380 e. The third-order valence-electron chi connectivity index (χ3n) is 3.22. The quantitative estimate of drug-likeness (QED) is 0.837. The topological polar surface area (TPSA) is 38.7 Å². The van der Waals surface area contributed by atoms with Gasteiger partial charge in [-0.15, -0.1) is 0 Å². The van der Waals surface area contributed by atoms with Crippen LogP contribution in [0.3, 0.4) is 0 Å². The monoisotopic (exact) mass is 252 g/mol. The van der Waals surface area contributed by atoms with Crippen LogP contribution in [-0.4, -0.2) is 25.6 Å². The minimum atomic E-state index is -1.17. The summed E-state index contributed by atoms with van der Waals surface area (Å²) >= 11 is 0.